The van der Waals surface area contributed by atoms with Crippen molar-refractivity contribution in [3.05, 3.63) is 47.5 Å². The van der Waals surface area contributed by atoms with Crippen molar-refractivity contribution in [2.45, 2.75) is 45.1 Å². The summed E-state index contributed by atoms with van der Waals surface area (Å²) in [6.07, 6.45) is 4.87. The van der Waals surface area contributed by atoms with Gasteiger partial charge in [-0.3, -0.25) is 14.4 Å². The Balaban J connectivity index is 3.01. The second-order valence-electron chi connectivity index (χ2n) is 6.40. The SMILES string of the molecule is CCC/C=C/C(=O)N[C@](C)(C(=O)NCCCC(=O)OC)c1cc(F)cc(F)c1. The van der Waals surface area contributed by atoms with Crippen LogP contribution in [0.3, 0.4) is 0 Å². The zero-order chi connectivity index (χ0) is 21.2. The average molecular weight is 396 g/mol. The first-order valence-electron chi connectivity index (χ1n) is 9.03. The van der Waals surface area contributed by atoms with E-state index in [0.717, 1.165) is 18.6 Å². The molecule has 0 radical (unpaired) electrons. The van der Waals surface area contributed by atoms with E-state index in [-0.39, 0.29) is 18.5 Å². The van der Waals surface area contributed by atoms with E-state index in [1.54, 1.807) is 6.08 Å². The molecule has 0 spiro atoms. The molecule has 0 unspecified atom stereocenters. The summed E-state index contributed by atoms with van der Waals surface area (Å²) in [5.41, 5.74) is -1.74. The molecule has 154 valence electrons. The molecule has 0 aliphatic rings. The Kier molecular flexibility index (Phi) is 9.27. The molecule has 2 N–H and O–H groups in total. The minimum atomic E-state index is -1.71. The molecule has 0 saturated heterocycles. The molecule has 6 nitrogen and oxygen atoms in total. The van der Waals surface area contributed by atoms with Gasteiger partial charge in [0.2, 0.25) is 11.8 Å². The number of nitrogens with one attached hydrogen (secondary N) is 2. The zero-order valence-corrected chi connectivity index (χ0v) is 16.3. The van der Waals surface area contributed by atoms with Gasteiger partial charge >= 0.3 is 5.97 Å². The van der Waals surface area contributed by atoms with Crippen molar-refractivity contribution in [1.82, 2.24) is 10.6 Å². The first kappa shape index (κ1) is 23.3. The summed E-state index contributed by atoms with van der Waals surface area (Å²) in [7, 11) is 1.26. The number of methoxy groups -OCH3 is 1. The number of unbranched alkanes of at least 4 members (excludes halogenated alkanes) is 1. The van der Waals surface area contributed by atoms with Crippen LogP contribution < -0.4 is 10.6 Å². The minimum Gasteiger partial charge on any atom is -0.469 e. The molecule has 2 amide bonds. The topological polar surface area (TPSA) is 84.5 Å². The van der Waals surface area contributed by atoms with E-state index in [1.165, 1.54) is 20.1 Å². The van der Waals surface area contributed by atoms with Crippen molar-refractivity contribution in [2.24, 2.45) is 0 Å². The monoisotopic (exact) mass is 396 g/mol. The number of allylic oxidation sites excluding steroid dienone is 1. The lowest BCUT2D eigenvalue weighted by Crippen LogP contribution is -2.54. The fraction of sp³-hybridized carbons (Fsp3) is 0.450. The second kappa shape index (κ2) is 11.2. The largest absolute Gasteiger partial charge is 0.469 e. The summed E-state index contributed by atoms with van der Waals surface area (Å²) >= 11 is 0. The zero-order valence-electron chi connectivity index (χ0n) is 16.3. The highest BCUT2D eigenvalue weighted by Crippen LogP contribution is 2.23. The van der Waals surface area contributed by atoms with Crippen molar-refractivity contribution >= 4 is 17.8 Å². The van der Waals surface area contributed by atoms with Gasteiger partial charge in [-0.1, -0.05) is 19.4 Å². The van der Waals surface area contributed by atoms with Gasteiger partial charge in [0.05, 0.1) is 7.11 Å². The molecule has 1 aromatic rings. The molecule has 0 bridgehead atoms. The highest BCUT2D eigenvalue weighted by molar-refractivity contribution is 5.95. The number of amides is 2. The molecule has 0 fully saturated rings. The van der Waals surface area contributed by atoms with Gasteiger partial charge in [-0.25, -0.2) is 8.78 Å². The average Bonchev–Trinajstić information content (AvgIpc) is 2.64. The highest BCUT2D eigenvalue weighted by atomic mass is 19.1. The van der Waals surface area contributed by atoms with Gasteiger partial charge in [0.1, 0.15) is 17.2 Å². The predicted molar refractivity (Wildman–Crippen MR) is 100 cm³/mol. The van der Waals surface area contributed by atoms with Crippen molar-refractivity contribution in [2.75, 3.05) is 13.7 Å². The fourth-order valence-electron chi connectivity index (χ4n) is 2.46. The van der Waals surface area contributed by atoms with Crippen molar-refractivity contribution in [3.63, 3.8) is 0 Å². The lowest BCUT2D eigenvalue weighted by Gasteiger charge is -2.30. The number of ether oxygens (including phenoxy) is 1. The van der Waals surface area contributed by atoms with E-state index < -0.39 is 35.0 Å². The lowest BCUT2D eigenvalue weighted by atomic mass is 9.90. The Hall–Kier alpha value is -2.77. The summed E-state index contributed by atoms with van der Waals surface area (Å²) in [5, 5.41) is 5.10. The quantitative estimate of drug-likeness (QED) is 0.362. The van der Waals surface area contributed by atoms with Gasteiger partial charge in [0, 0.05) is 19.0 Å². The van der Waals surface area contributed by atoms with E-state index in [2.05, 4.69) is 15.4 Å². The fourth-order valence-corrected chi connectivity index (χ4v) is 2.46. The summed E-state index contributed by atoms with van der Waals surface area (Å²) in [6, 6.07) is 2.67. The number of esters is 1. The van der Waals surface area contributed by atoms with E-state index in [1.807, 2.05) is 6.92 Å². The van der Waals surface area contributed by atoms with Gasteiger partial charge in [0.25, 0.3) is 0 Å². The molecule has 1 aromatic carbocycles. The first-order valence-corrected chi connectivity index (χ1v) is 9.03. The van der Waals surface area contributed by atoms with Crippen LogP contribution in [0.25, 0.3) is 0 Å². The number of carbonyl (C=O) groups excluding carboxylic acids is 3. The molecule has 1 atom stereocenters. The first-order chi connectivity index (χ1) is 13.2. The Morgan fingerprint density at radius 3 is 2.39 bits per heavy atom. The molecule has 0 heterocycles. The molecule has 0 aromatic heterocycles. The summed E-state index contributed by atoms with van der Waals surface area (Å²) in [4.78, 5) is 36.1. The molecule has 0 aliphatic heterocycles. The number of halogens is 2. The summed E-state index contributed by atoms with van der Waals surface area (Å²) < 4.78 is 31.9. The van der Waals surface area contributed by atoms with Crippen LogP contribution in [0.1, 0.15) is 45.1 Å². The predicted octanol–water partition coefficient (Wildman–Crippen LogP) is 2.72. The number of hydrogen-bond acceptors (Lipinski definition) is 4. The van der Waals surface area contributed by atoms with E-state index >= 15 is 0 Å². The van der Waals surface area contributed by atoms with Crippen molar-refractivity contribution < 1.29 is 27.9 Å². The number of rotatable bonds is 10. The smallest absolute Gasteiger partial charge is 0.305 e. The van der Waals surface area contributed by atoms with Gasteiger partial charge in [-0.2, -0.15) is 0 Å². The summed E-state index contributed by atoms with van der Waals surface area (Å²) in [6.45, 7) is 3.44. The van der Waals surface area contributed by atoms with Crippen LogP contribution in [0.2, 0.25) is 0 Å². The molecule has 1 rings (SSSR count). The van der Waals surface area contributed by atoms with Crippen LogP contribution in [0.4, 0.5) is 8.78 Å². The Morgan fingerprint density at radius 1 is 1.18 bits per heavy atom. The van der Waals surface area contributed by atoms with Crippen molar-refractivity contribution in [1.29, 1.82) is 0 Å². The standard InChI is InChI=1S/C20H26F2N2O4/c1-4-5-6-8-17(25)24-20(2,14-11-15(21)13-16(22)12-14)19(27)23-10-7-9-18(26)28-3/h6,8,11-13H,4-5,7,9-10H2,1-3H3,(H,23,27)(H,24,25)/b8-6+/t20-/m0/s1. The van der Waals surface area contributed by atoms with E-state index in [4.69, 9.17) is 0 Å². The van der Waals surface area contributed by atoms with Gasteiger partial charge in [-0.15, -0.1) is 0 Å². The molecule has 0 aliphatic carbocycles. The van der Waals surface area contributed by atoms with E-state index in [9.17, 15) is 23.2 Å². The van der Waals surface area contributed by atoms with Crippen molar-refractivity contribution in [3.8, 4) is 0 Å². The third kappa shape index (κ3) is 7.09. The normalized spacial score (nSPS) is 13.0. The van der Waals surface area contributed by atoms with Gasteiger partial charge in [0.15, 0.2) is 0 Å². The van der Waals surface area contributed by atoms with Crippen LogP contribution in [0.15, 0.2) is 30.4 Å². The maximum atomic E-state index is 13.7. The van der Waals surface area contributed by atoms with E-state index in [0.29, 0.717) is 18.9 Å². The number of carbonyl (C=O) groups is 3. The summed E-state index contributed by atoms with van der Waals surface area (Å²) in [5.74, 6) is -3.37. The number of benzene rings is 1. The Morgan fingerprint density at radius 2 is 1.82 bits per heavy atom. The maximum Gasteiger partial charge on any atom is 0.305 e. The Bertz CT molecular complexity index is 717. The molecular formula is C20H26F2N2O4. The minimum absolute atomic E-state index is 0.0345. The third-order valence-electron chi connectivity index (χ3n) is 4.06. The van der Waals surface area contributed by atoms with Crippen LogP contribution in [0.5, 0.6) is 0 Å². The molecular weight excluding hydrogens is 370 g/mol. The van der Waals surface area contributed by atoms with Gasteiger partial charge < -0.3 is 15.4 Å². The lowest BCUT2D eigenvalue weighted by molar-refractivity contribution is -0.140. The second-order valence-corrected chi connectivity index (χ2v) is 6.40. The number of hydrogen-bond donors (Lipinski definition) is 2. The Labute approximate surface area is 163 Å². The maximum absolute atomic E-state index is 13.7. The van der Waals surface area contributed by atoms with Crippen LogP contribution >= 0.6 is 0 Å². The molecule has 0 saturated carbocycles. The molecule has 8 heteroatoms. The van der Waals surface area contributed by atoms with Crippen LogP contribution in [0, 0.1) is 11.6 Å². The van der Waals surface area contributed by atoms with Gasteiger partial charge in [-0.05, 0) is 43.5 Å². The molecule has 28 heavy (non-hydrogen) atoms. The van der Waals surface area contributed by atoms with Crippen LogP contribution in [-0.4, -0.2) is 31.4 Å². The highest BCUT2D eigenvalue weighted by Gasteiger charge is 2.37. The van der Waals surface area contributed by atoms with Crippen LogP contribution in [-0.2, 0) is 24.7 Å². The third-order valence-corrected chi connectivity index (χ3v) is 4.06.